The summed E-state index contributed by atoms with van der Waals surface area (Å²) < 4.78 is 0.882. The molecule has 0 radical (unpaired) electrons. The third-order valence-corrected chi connectivity index (χ3v) is 4.31. The second-order valence-corrected chi connectivity index (χ2v) is 6.36. The van der Waals surface area contributed by atoms with E-state index in [0.717, 1.165) is 16.4 Å². The molecule has 98 valence electrons. The van der Waals surface area contributed by atoms with Crippen LogP contribution in [-0.4, -0.2) is 34.6 Å². The molecule has 0 aliphatic carbocycles. The monoisotopic (exact) mass is 379 g/mol. The molecule has 2 rings (SSSR count). The molecule has 1 aromatic rings. The van der Waals surface area contributed by atoms with E-state index in [2.05, 4.69) is 22.6 Å². The van der Waals surface area contributed by atoms with Crippen LogP contribution in [0.15, 0.2) is 18.2 Å². The lowest BCUT2D eigenvalue weighted by Crippen LogP contribution is -2.63. The number of halogens is 2. The Balaban J connectivity index is 2.08. The molecule has 5 heteroatoms. The van der Waals surface area contributed by atoms with Crippen molar-refractivity contribution < 1.29 is 9.90 Å². The standard InChI is InChI=1S/C13H15ClINO2/c1-2-5-13(18)7-16(8-13)12(17)10-6-9(14)3-4-11(10)15/h3-4,6,18H,2,5,7-8H2,1H3. The molecule has 1 amide bonds. The number of carbonyl (C=O) groups is 1. The highest BCUT2D eigenvalue weighted by molar-refractivity contribution is 14.1. The molecule has 1 N–H and O–H groups in total. The van der Waals surface area contributed by atoms with Crippen LogP contribution in [0.5, 0.6) is 0 Å². The van der Waals surface area contributed by atoms with E-state index in [-0.39, 0.29) is 5.91 Å². The van der Waals surface area contributed by atoms with Crippen molar-refractivity contribution in [2.45, 2.75) is 25.4 Å². The number of aliphatic hydroxyl groups is 1. The Bertz CT molecular complexity index is 472. The fourth-order valence-corrected chi connectivity index (χ4v) is 3.00. The van der Waals surface area contributed by atoms with E-state index < -0.39 is 5.60 Å². The van der Waals surface area contributed by atoms with E-state index in [1.165, 1.54) is 0 Å². The van der Waals surface area contributed by atoms with Gasteiger partial charge in [0, 0.05) is 8.59 Å². The van der Waals surface area contributed by atoms with Crippen LogP contribution in [0.1, 0.15) is 30.1 Å². The predicted molar refractivity (Wildman–Crippen MR) is 79.9 cm³/mol. The highest BCUT2D eigenvalue weighted by Gasteiger charge is 2.43. The Morgan fingerprint density at radius 1 is 1.56 bits per heavy atom. The zero-order chi connectivity index (χ0) is 13.3. The third-order valence-electron chi connectivity index (χ3n) is 3.13. The van der Waals surface area contributed by atoms with Gasteiger partial charge in [-0.3, -0.25) is 4.79 Å². The SMILES string of the molecule is CCCC1(O)CN(C(=O)c2cc(Cl)ccc2I)C1. The molecule has 0 unspecified atom stereocenters. The zero-order valence-electron chi connectivity index (χ0n) is 10.1. The molecule has 3 nitrogen and oxygen atoms in total. The minimum Gasteiger partial charge on any atom is -0.386 e. The Morgan fingerprint density at radius 3 is 2.83 bits per heavy atom. The summed E-state index contributed by atoms with van der Waals surface area (Å²) in [5.41, 5.74) is -0.0735. The first-order valence-corrected chi connectivity index (χ1v) is 7.37. The number of hydrogen-bond acceptors (Lipinski definition) is 2. The largest absolute Gasteiger partial charge is 0.386 e. The number of rotatable bonds is 3. The lowest BCUT2D eigenvalue weighted by molar-refractivity contribution is -0.0860. The van der Waals surface area contributed by atoms with Gasteiger partial charge >= 0.3 is 0 Å². The maximum Gasteiger partial charge on any atom is 0.255 e. The minimum atomic E-state index is -0.686. The van der Waals surface area contributed by atoms with E-state index in [9.17, 15) is 9.90 Å². The Hall–Kier alpha value is -0.330. The van der Waals surface area contributed by atoms with Gasteiger partial charge in [0.2, 0.25) is 0 Å². The maximum absolute atomic E-state index is 12.2. The van der Waals surface area contributed by atoms with Gasteiger partial charge in [-0.15, -0.1) is 0 Å². The highest BCUT2D eigenvalue weighted by Crippen LogP contribution is 2.29. The van der Waals surface area contributed by atoms with Crippen LogP contribution in [0, 0.1) is 3.57 Å². The Labute approximate surface area is 125 Å². The van der Waals surface area contributed by atoms with Gasteiger partial charge in [0.1, 0.15) is 0 Å². The van der Waals surface area contributed by atoms with E-state index >= 15 is 0 Å². The molecule has 1 aromatic carbocycles. The van der Waals surface area contributed by atoms with E-state index in [4.69, 9.17) is 11.6 Å². The summed E-state index contributed by atoms with van der Waals surface area (Å²) in [7, 11) is 0. The summed E-state index contributed by atoms with van der Waals surface area (Å²) in [6, 6.07) is 5.28. The van der Waals surface area contributed by atoms with Crippen molar-refractivity contribution in [1.82, 2.24) is 4.90 Å². The lowest BCUT2D eigenvalue weighted by atomic mass is 9.89. The molecule has 0 bridgehead atoms. The van der Waals surface area contributed by atoms with Crippen molar-refractivity contribution >= 4 is 40.1 Å². The highest BCUT2D eigenvalue weighted by atomic mass is 127. The molecule has 1 aliphatic heterocycles. The summed E-state index contributed by atoms with van der Waals surface area (Å²) in [5.74, 6) is -0.0531. The fourth-order valence-electron chi connectivity index (χ4n) is 2.26. The average molecular weight is 380 g/mol. The molecule has 1 fully saturated rings. The fraction of sp³-hybridized carbons (Fsp3) is 0.462. The van der Waals surface area contributed by atoms with Crippen LogP contribution in [0.4, 0.5) is 0 Å². The molecule has 1 heterocycles. The van der Waals surface area contributed by atoms with Crippen LogP contribution < -0.4 is 0 Å². The number of benzene rings is 1. The first kappa shape index (κ1) is 14.1. The molecular weight excluding hydrogens is 365 g/mol. The Morgan fingerprint density at radius 2 is 2.22 bits per heavy atom. The van der Waals surface area contributed by atoms with Crippen molar-refractivity contribution in [3.05, 3.63) is 32.4 Å². The Kier molecular flexibility index (Phi) is 4.18. The first-order valence-electron chi connectivity index (χ1n) is 5.92. The van der Waals surface area contributed by atoms with Gasteiger partial charge in [0.15, 0.2) is 0 Å². The van der Waals surface area contributed by atoms with Crippen molar-refractivity contribution in [1.29, 1.82) is 0 Å². The number of β-amino-alcohol motifs (C(OH)–C–C–N with tert-alkyl or cyclic N) is 1. The summed E-state index contributed by atoms with van der Waals surface area (Å²) in [4.78, 5) is 13.9. The van der Waals surface area contributed by atoms with Crippen LogP contribution in [-0.2, 0) is 0 Å². The molecule has 0 saturated carbocycles. The van der Waals surface area contributed by atoms with Gasteiger partial charge in [-0.2, -0.15) is 0 Å². The smallest absolute Gasteiger partial charge is 0.255 e. The van der Waals surface area contributed by atoms with Crippen LogP contribution in [0.2, 0.25) is 5.02 Å². The van der Waals surface area contributed by atoms with Gasteiger partial charge in [0.25, 0.3) is 5.91 Å². The second kappa shape index (κ2) is 5.35. The van der Waals surface area contributed by atoms with Gasteiger partial charge in [-0.05, 0) is 47.2 Å². The number of nitrogens with zero attached hydrogens (tertiary/aromatic N) is 1. The van der Waals surface area contributed by atoms with Crippen LogP contribution in [0.3, 0.4) is 0 Å². The molecular formula is C13H15ClINO2. The predicted octanol–water partition coefficient (Wildman–Crippen LogP) is 2.93. The molecule has 0 atom stereocenters. The topological polar surface area (TPSA) is 40.5 Å². The maximum atomic E-state index is 12.2. The van der Waals surface area contributed by atoms with Crippen LogP contribution in [0.25, 0.3) is 0 Å². The lowest BCUT2D eigenvalue weighted by Gasteiger charge is -2.46. The van der Waals surface area contributed by atoms with Crippen molar-refractivity contribution in [2.24, 2.45) is 0 Å². The number of likely N-dealkylation sites (tertiary alicyclic amines) is 1. The summed E-state index contributed by atoms with van der Waals surface area (Å²) in [5, 5.41) is 10.6. The summed E-state index contributed by atoms with van der Waals surface area (Å²) >= 11 is 8.03. The number of hydrogen-bond donors (Lipinski definition) is 1. The summed E-state index contributed by atoms with van der Waals surface area (Å²) in [6.07, 6.45) is 1.66. The molecule has 0 aromatic heterocycles. The van der Waals surface area contributed by atoms with E-state index in [1.54, 1.807) is 17.0 Å². The normalized spacial score (nSPS) is 17.4. The first-order chi connectivity index (χ1) is 8.45. The van der Waals surface area contributed by atoms with Gasteiger partial charge in [-0.25, -0.2) is 0 Å². The van der Waals surface area contributed by atoms with E-state index in [0.29, 0.717) is 23.7 Å². The third kappa shape index (κ3) is 2.81. The molecule has 1 saturated heterocycles. The van der Waals surface area contributed by atoms with Gasteiger partial charge in [-0.1, -0.05) is 24.9 Å². The second-order valence-electron chi connectivity index (χ2n) is 4.76. The van der Waals surface area contributed by atoms with Crippen LogP contribution >= 0.6 is 34.2 Å². The number of amides is 1. The van der Waals surface area contributed by atoms with Crippen molar-refractivity contribution in [3.63, 3.8) is 0 Å². The number of carbonyl (C=O) groups excluding carboxylic acids is 1. The molecule has 18 heavy (non-hydrogen) atoms. The molecule has 0 spiro atoms. The average Bonchev–Trinajstić information content (AvgIpc) is 2.28. The van der Waals surface area contributed by atoms with Crippen molar-refractivity contribution in [2.75, 3.05) is 13.1 Å². The molecule has 1 aliphatic rings. The van der Waals surface area contributed by atoms with Gasteiger partial charge in [0.05, 0.1) is 24.3 Å². The van der Waals surface area contributed by atoms with Crippen molar-refractivity contribution in [3.8, 4) is 0 Å². The van der Waals surface area contributed by atoms with E-state index in [1.807, 2.05) is 13.0 Å². The van der Waals surface area contributed by atoms with Gasteiger partial charge < -0.3 is 10.0 Å². The minimum absolute atomic E-state index is 0.0531. The summed E-state index contributed by atoms with van der Waals surface area (Å²) in [6.45, 7) is 2.87. The zero-order valence-corrected chi connectivity index (χ0v) is 13.0. The quantitative estimate of drug-likeness (QED) is 0.821.